The van der Waals surface area contributed by atoms with Gasteiger partial charge in [0.05, 0.1) is 19.1 Å². The van der Waals surface area contributed by atoms with Gasteiger partial charge in [0.2, 0.25) is 0 Å². The standard InChI is InChI=1S/C56H71NO5/c1-33(2)12-11-13-34(3)46-18-19-47-42-17-16-38-29-40(20-24-55(38,6)48(42)21-25-56(46,47)7)62-54(58)61-39-22-26-57(27-23-39)49-30-43-44(31-50(49)59-8)53-51(36(5)35(4)32-60-53)45-28-37-14-9-10-15-41(37)52(43)45/h9-10,14-16,28,30-34,39-40,42,46-48H,11-13,17-27,29H2,1-8H3. The number of anilines is 1. The molecule has 1 aliphatic heterocycles. The summed E-state index contributed by atoms with van der Waals surface area (Å²) < 4.78 is 24.7. The van der Waals surface area contributed by atoms with Gasteiger partial charge in [-0.2, -0.15) is 0 Å². The normalized spacial score (nSPS) is 29.5. The summed E-state index contributed by atoms with van der Waals surface area (Å²) in [6.07, 6.45) is 19.1. The molecular weight excluding hydrogens is 767 g/mol. The summed E-state index contributed by atoms with van der Waals surface area (Å²) in [7, 11) is 1.75. The van der Waals surface area contributed by atoms with E-state index in [0.29, 0.717) is 5.41 Å². The lowest BCUT2D eigenvalue weighted by Gasteiger charge is -2.58. The lowest BCUT2D eigenvalue weighted by molar-refractivity contribution is -0.0643. The maximum atomic E-state index is 13.4. The zero-order chi connectivity index (χ0) is 43.1. The summed E-state index contributed by atoms with van der Waals surface area (Å²) >= 11 is 0. The average Bonchev–Trinajstić information content (AvgIpc) is 3.83. The van der Waals surface area contributed by atoms with Crippen molar-refractivity contribution in [1.82, 2.24) is 0 Å². The van der Waals surface area contributed by atoms with Gasteiger partial charge in [-0.15, -0.1) is 0 Å². The lowest BCUT2D eigenvalue weighted by atomic mass is 9.47. The molecule has 330 valence electrons. The predicted octanol–water partition coefficient (Wildman–Crippen LogP) is 15.0. The molecule has 8 unspecified atom stereocenters. The van der Waals surface area contributed by atoms with Crippen LogP contribution in [0, 0.1) is 60.2 Å². The third-order valence-electron chi connectivity index (χ3n) is 18.0. The minimum atomic E-state index is -0.491. The van der Waals surface area contributed by atoms with Crippen LogP contribution in [0.25, 0.3) is 43.3 Å². The molecule has 6 heteroatoms. The van der Waals surface area contributed by atoms with Gasteiger partial charge in [-0.25, -0.2) is 4.79 Å². The average molecular weight is 838 g/mol. The van der Waals surface area contributed by atoms with Crippen LogP contribution in [-0.2, 0) is 9.47 Å². The Morgan fingerprint density at radius 3 is 2.42 bits per heavy atom. The first-order valence-electron chi connectivity index (χ1n) is 24.5. The number of ether oxygens (including phenoxy) is 3. The molecule has 10 rings (SSSR count). The lowest BCUT2D eigenvalue weighted by Crippen LogP contribution is -2.51. The van der Waals surface area contributed by atoms with E-state index in [9.17, 15) is 4.79 Å². The third-order valence-corrected chi connectivity index (χ3v) is 18.0. The number of hydrogen-bond donors (Lipinski definition) is 0. The molecule has 4 aromatic carbocycles. The van der Waals surface area contributed by atoms with E-state index >= 15 is 0 Å². The number of hydrogen-bond acceptors (Lipinski definition) is 6. The van der Waals surface area contributed by atoms with E-state index in [1.807, 2.05) is 6.26 Å². The Balaban J connectivity index is 0.792. The van der Waals surface area contributed by atoms with Gasteiger partial charge >= 0.3 is 6.16 Å². The molecule has 6 nitrogen and oxygen atoms in total. The van der Waals surface area contributed by atoms with E-state index in [1.54, 1.807) is 12.7 Å². The van der Waals surface area contributed by atoms with Crippen LogP contribution in [0.15, 0.2) is 64.8 Å². The van der Waals surface area contributed by atoms with Gasteiger partial charge in [0.25, 0.3) is 0 Å². The van der Waals surface area contributed by atoms with E-state index in [4.69, 9.17) is 18.6 Å². The summed E-state index contributed by atoms with van der Waals surface area (Å²) in [6.45, 7) is 18.4. The van der Waals surface area contributed by atoms with Crippen molar-refractivity contribution in [3.63, 3.8) is 0 Å². The van der Waals surface area contributed by atoms with Gasteiger partial charge < -0.3 is 23.5 Å². The molecule has 4 fully saturated rings. The van der Waals surface area contributed by atoms with Gasteiger partial charge in [-0.1, -0.05) is 89.8 Å². The van der Waals surface area contributed by atoms with Crippen molar-refractivity contribution >= 4 is 55.1 Å². The first-order valence-corrected chi connectivity index (χ1v) is 24.5. The maximum absolute atomic E-state index is 13.4. The third kappa shape index (κ3) is 6.91. The highest BCUT2D eigenvalue weighted by Crippen LogP contribution is 2.67. The van der Waals surface area contributed by atoms with Crippen molar-refractivity contribution in [3.05, 3.63) is 71.5 Å². The van der Waals surface area contributed by atoms with Crippen molar-refractivity contribution in [3.8, 4) is 5.75 Å². The molecule has 8 atom stereocenters. The van der Waals surface area contributed by atoms with Gasteiger partial charge in [-0.3, -0.25) is 0 Å². The topological polar surface area (TPSA) is 61.1 Å². The fourth-order valence-electron chi connectivity index (χ4n) is 14.5. The van der Waals surface area contributed by atoms with Crippen LogP contribution in [0.5, 0.6) is 5.75 Å². The highest BCUT2D eigenvalue weighted by molar-refractivity contribution is 6.33. The molecule has 5 aliphatic rings. The largest absolute Gasteiger partial charge is 0.508 e. The van der Waals surface area contributed by atoms with E-state index in [1.165, 1.54) is 83.9 Å². The number of rotatable bonds is 9. The molecule has 62 heavy (non-hydrogen) atoms. The fraction of sp³-hybridized carbons (Fsp3) is 0.589. The molecular formula is C56H71NO5. The summed E-state index contributed by atoms with van der Waals surface area (Å²) in [4.78, 5) is 15.8. The Morgan fingerprint density at radius 2 is 1.63 bits per heavy atom. The first-order chi connectivity index (χ1) is 29.9. The number of aryl methyl sites for hydroxylation is 2. The summed E-state index contributed by atoms with van der Waals surface area (Å²) in [5, 5.41) is 8.35. The van der Waals surface area contributed by atoms with Crippen LogP contribution in [0.4, 0.5) is 10.5 Å². The highest BCUT2D eigenvalue weighted by Gasteiger charge is 2.59. The van der Waals surface area contributed by atoms with Gasteiger partial charge in [0.15, 0.2) is 0 Å². The number of fused-ring (bicyclic) bond motifs is 13. The van der Waals surface area contributed by atoms with Crippen molar-refractivity contribution in [2.45, 2.75) is 144 Å². The van der Waals surface area contributed by atoms with Crippen molar-refractivity contribution in [2.24, 2.45) is 46.3 Å². The zero-order valence-corrected chi connectivity index (χ0v) is 38.9. The molecule has 0 bridgehead atoms. The molecule has 1 saturated heterocycles. The number of carbonyl (C=O) groups is 1. The molecule has 1 aromatic heterocycles. The minimum absolute atomic E-state index is 0.101. The Kier molecular flexibility index (Phi) is 10.9. The van der Waals surface area contributed by atoms with E-state index in [0.717, 1.165) is 114 Å². The van der Waals surface area contributed by atoms with Crippen molar-refractivity contribution in [2.75, 3.05) is 25.1 Å². The molecule has 4 aliphatic carbocycles. The van der Waals surface area contributed by atoms with Crippen LogP contribution in [0.3, 0.4) is 0 Å². The number of piperidine rings is 1. The molecule has 3 saturated carbocycles. The van der Waals surface area contributed by atoms with Crippen LogP contribution in [-0.4, -0.2) is 38.6 Å². The number of carbonyl (C=O) groups excluding carboxylic acids is 1. The minimum Gasteiger partial charge on any atom is -0.495 e. The number of nitrogens with zero attached hydrogens (tertiary/aromatic N) is 1. The fourth-order valence-corrected chi connectivity index (χ4v) is 14.5. The monoisotopic (exact) mass is 838 g/mol. The summed E-state index contributed by atoms with van der Waals surface area (Å²) in [6, 6.07) is 15.5. The van der Waals surface area contributed by atoms with Gasteiger partial charge in [-0.05, 0) is 161 Å². The maximum Gasteiger partial charge on any atom is 0.508 e. The van der Waals surface area contributed by atoms with E-state index in [-0.39, 0.29) is 17.6 Å². The second kappa shape index (κ2) is 16.1. The predicted molar refractivity (Wildman–Crippen MR) is 254 cm³/mol. The number of methoxy groups -OCH3 is 1. The molecule has 0 N–H and O–H groups in total. The van der Waals surface area contributed by atoms with Crippen LogP contribution < -0.4 is 9.64 Å². The van der Waals surface area contributed by atoms with E-state index < -0.39 is 6.16 Å². The van der Waals surface area contributed by atoms with Crippen LogP contribution >= 0.6 is 0 Å². The Labute approximate surface area is 370 Å². The van der Waals surface area contributed by atoms with Crippen LogP contribution in [0.2, 0.25) is 0 Å². The number of allylic oxidation sites excluding steroid dienone is 1. The molecule has 0 amide bonds. The second-order valence-corrected chi connectivity index (χ2v) is 21.7. The molecule has 2 heterocycles. The van der Waals surface area contributed by atoms with E-state index in [2.05, 4.69) is 102 Å². The second-order valence-electron chi connectivity index (χ2n) is 21.7. The van der Waals surface area contributed by atoms with Crippen molar-refractivity contribution < 1.29 is 23.4 Å². The van der Waals surface area contributed by atoms with Gasteiger partial charge in [0.1, 0.15) is 23.5 Å². The summed E-state index contributed by atoms with van der Waals surface area (Å²) in [5.41, 5.74) is 6.62. The SMILES string of the molecule is COc1cc2c(cc1N1CCC(OC(=O)OC3CCC4(C)C(=CCC5C4CCC4(C)C(C(C)CCCC(C)C)CCC54)C3)CC1)c1c3ccccc3cc1c1c(C)c(C)coc21. The number of benzene rings is 3. The van der Waals surface area contributed by atoms with Crippen LogP contribution in [0.1, 0.15) is 129 Å². The molecule has 5 aromatic rings. The molecule has 0 radical (unpaired) electrons. The first kappa shape index (κ1) is 41.8. The van der Waals surface area contributed by atoms with Gasteiger partial charge in [0, 0.05) is 43.1 Å². The molecule has 0 spiro atoms. The highest BCUT2D eigenvalue weighted by atomic mass is 16.7. The van der Waals surface area contributed by atoms with Crippen molar-refractivity contribution in [1.29, 1.82) is 0 Å². The Bertz CT molecular complexity index is 2540. The smallest absolute Gasteiger partial charge is 0.495 e. The quantitative estimate of drug-likeness (QED) is 0.0837. The Hall–Kier alpha value is -4.19. The zero-order valence-electron chi connectivity index (χ0n) is 38.9. The Morgan fingerprint density at radius 1 is 0.839 bits per heavy atom. The summed E-state index contributed by atoms with van der Waals surface area (Å²) in [5.74, 6) is 5.77.